The fraction of sp³-hybridized carbons (Fsp3) is 0.0968. The third kappa shape index (κ3) is 5.80. The van der Waals surface area contributed by atoms with Crippen LogP contribution in [-0.4, -0.2) is 29.9 Å². The van der Waals surface area contributed by atoms with Gasteiger partial charge < -0.3 is 14.8 Å². The van der Waals surface area contributed by atoms with E-state index in [-0.39, 0.29) is 18.6 Å². The van der Waals surface area contributed by atoms with E-state index in [2.05, 4.69) is 23.4 Å². The molecule has 0 saturated carbocycles. The molecule has 0 spiro atoms. The number of nitrogens with one attached hydrogen (secondary N) is 1. The summed E-state index contributed by atoms with van der Waals surface area (Å²) >= 11 is 0. The zero-order valence-electron chi connectivity index (χ0n) is 20.1. The van der Waals surface area contributed by atoms with E-state index in [9.17, 15) is 4.79 Å². The van der Waals surface area contributed by atoms with Crippen LogP contribution in [0.2, 0.25) is 0 Å². The second kappa shape index (κ2) is 11.1. The summed E-state index contributed by atoms with van der Waals surface area (Å²) in [5, 5.41) is 9.13. The molecular formula is C31H25N3O3. The zero-order valence-corrected chi connectivity index (χ0v) is 20.1. The lowest BCUT2D eigenvalue weighted by atomic mass is 9.90. The summed E-state index contributed by atoms with van der Waals surface area (Å²) in [5.41, 5.74) is 3.48. The molecule has 4 aromatic rings. The van der Waals surface area contributed by atoms with Gasteiger partial charge in [0.05, 0.1) is 12.3 Å². The van der Waals surface area contributed by atoms with E-state index >= 15 is 0 Å². The number of nitrogens with zero attached hydrogens (tertiary/aromatic N) is 2. The largest absolute Gasteiger partial charge is 0.481 e. The van der Waals surface area contributed by atoms with Gasteiger partial charge in [-0.15, -0.1) is 6.42 Å². The van der Waals surface area contributed by atoms with Gasteiger partial charge in [0.2, 0.25) is 0 Å². The maximum Gasteiger partial charge on any atom is 0.342 e. The van der Waals surface area contributed by atoms with Gasteiger partial charge in [0.1, 0.15) is 23.9 Å². The highest BCUT2D eigenvalue weighted by molar-refractivity contribution is 6.07. The second-order valence-corrected chi connectivity index (χ2v) is 8.42. The molecule has 0 fully saturated rings. The molecule has 0 aliphatic carbocycles. The fourth-order valence-electron chi connectivity index (χ4n) is 4.10. The molecule has 182 valence electrons. The first-order valence-corrected chi connectivity index (χ1v) is 11.9. The van der Waals surface area contributed by atoms with Crippen molar-refractivity contribution in [3.63, 3.8) is 0 Å². The van der Waals surface area contributed by atoms with Crippen molar-refractivity contribution in [2.75, 3.05) is 18.5 Å². The maximum atomic E-state index is 13.2. The number of amides is 2. The van der Waals surface area contributed by atoms with Gasteiger partial charge in [-0.25, -0.2) is 9.80 Å². The van der Waals surface area contributed by atoms with Crippen LogP contribution in [0.5, 0.6) is 17.2 Å². The Balaban J connectivity index is 1.32. The molecule has 0 radical (unpaired) electrons. The van der Waals surface area contributed by atoms with Gasteiger partial charge in [0.25, 0.3) is 0 Å². The van der Waals surface area contributed by atoms with Crippen LogP contribution >= 0.6 is 0 Å². The molecular weight excluding hydrogens is 462 g/mol. The van der Waals surface area contributed by atoms with E-state index in [1.54, 1.807) is 12.1 Å². The highest BCUT2D eigenvalue weighted by atomic mass is 16.5. The first-order chi connectivity index (χ1) is 18.2. The SMILES string of the molecule is C#CCOc1ccc(C2=NN(C(=O)Nc3ccc(Oc4ccccc4)cc3)CC2c2ccccc2)cc1. The van der Waals surface area contributed by atoms with Crippen LogP contribution in [0.25, 0.3) is 0 Å². The van der Waals surface area contributed by atoms with Gasteiger partial charge in [-0.05, 0) is 71.8 Å². The summed E-state index contributed by atoms with van der Waals surface area (Å²) < 4.78 is 11.3. The average molecular weight is 488 g/mol. The predicted octanol–water partition coefficient (Wildman–Crippen LogP) is 6.53. The molecule has 37 heavy (non-hydrogen) atoms. The summed E-state index contributed by atoms with van der Waals surface area (Å²) in [5.74, 6) is 4.52. The predicted molar refractivity (Wildman–Crippen MR) is 145 cm³/mol. The Morgan fingerprint density at radius 2 is 1.49 bits per heavy atom. The number of rotatable bonds is 7. The van der Waals surface area contributed by atoms with Crippen LogP contribution in [0.4, 0.5) is 10.5 Å². The third-order valence-corrected chi connectivity index (χ3v) is 5.91. The topological polar surface area (TPSA) is 63.2 Å². The van der Waals surface area contributed by atoms with Crippen molar-refractivity contribution in [3.05, 3.63) is 120 Å². The van der Waals surface area contributed by atoms with Crippen molar-refractivity contribution in [1.82, 2.24) is 5.01 Å². The normalized spacial score (nSPS) is 14.4. The molecule has 0 bridgehead atoms. The Morgan fingerprint density at radius 1 is 0.865 bits per heavy atom. The number of carbonyl (C=O) groups is 1. The van der Waals surface area contributed by atoms with E-state index in [4.69, 9.17) is 21.0 Å². The average Bonchev–Trinajstić information content (AvgIpc) is 3.40. The smallest absolute Gasteiger partial charge is 0.342 e. The first kappa shape index (κ1) is 23.7. The van der Waals surface area contributed by atoms with Crippen molar-refractivity contribution in [1.29, 1.82) is 0 Å². The molecule has 0 aromatic heterocycles. The van der Waals surface area contributed by atoms with Crippen molar-refractivity contribution in [2.45, 2.75) is 5.92 Å². The number of ether oxygens (including phenoxy) is 2. The lowest BCUT2D eigenvalue weighted by Crippen LogP contribution is -2.30. The van der Waals surface area contributed by atoms with E-state index in [1.807, 2.05) is 84.9 Å². The fourth-order valence-corrected chi connectivity index (χ4v) is 4.10. The number of urea groups is 1. The number of carbonyl (C=O) groups excluding carboxylic acids is 1. The van der Waals surface area contributed by atoms with Crippen molar-refractivity contribution in [2.24, 2.45) is 5.10 Å². The van der Waals surface area contributed by atoms with Gasteiger partial charge in [0, 0.05) is 11.6 Å². The summed E-state index contributed by atoms with van der Waals surface area (Å²) in [6.45, 7) is 0.635. The Hall–Kier alpha value is -5.02. The Morgan fingerprint density at radius 3 is 2.16 bits per heavy atom. The Labute approximate surface area is 216 Å². The van der Waals surface area contributed by atoms with Gasteiger partial charge in [0.15, 0.2) is 0 Å². The molecule has 1 atom stereocenters. The van der Waals surface area contributed by atoms with Crippen LogP contribution in [-0.2, 0) is 0 Å². The molecule has 0 saturated heterocycles. The highest BCUT2D eigenvalue weighted by Gasteiger charge is 2.32. The van der Waals surface area contributed by atoms with Crippen LogP contribution in [0.1, 0.15) is 17.0 Å². The zero-order chi connectivity index (χ0) is 25.5. The van der Waals surface area contributed by atoms with E-state index in [0.717, 1.165) is 22.6 Å². The van der Waals surface area contributed by atoms with Gasteiger partial charge in [-0.2, -0.15) is 5.10 Å². The van der Waals surface area contributed by atoms with Crippen molar-refractivity contribution in [3.8, 4) is 29.6 Å². The number of hydrazone groups is 1. The van der Waals surface area contributed by atoms with E-state index in [0.29, 0.717) is 23.7 Å². The minimum Gasteiger partial charge on any atom is -0.481 e. The van der Waals surface area contributed by atoms with Gasteiger partial charge in [-0.1, -0.05) is 54.5 Å². The number of benzene rings is 4. The van der Waals surface area contributed by atoms with Crippen molar-refractivity contribution >= 4 is 17.4 Å². The lowest BCUT2D eigenvalue weighted by Gasteiger charge is -2.16. The van der Waals surface area contributed by atoms with Crippen LogP contribution in [0.15, 0.2) is 114 Å². The summed E-state index contributed by atoms with van der Waals surface area (Å²) in [7, 11) is 0. The standard InChI is InChI=1S/C31H25N3O3/c1-2-21-36-26-17-13-24(14-18-26)30-29(23-9-5-3-6-10-23)22-34(33-30)31(35)32-25-15-19-28(20-16-25)37-27-11-7-4-8-12-27/h1,3-20,29H,21-22H2,(H,32,35). The third-order valence-electron chi connectivity index (χ3n) is 5.91. The Bertz CT molecular complexity index is 1410. The highest BCUT2D eigenvalue weighted by Crippen LogP contribution is 2.30. The van der Waals surface area contributed by atoms with Gasteiger partial charge in [-0.3, -0.25) is 0 Å². The maximum absolute atomic E-state index is 13.2. The molecule has 1 unspecified atom stereocenters. The molecule has 1 heterocycles. The monoisotopic (exact) mass is 487 g/mol. The molecule has 4 aromatic carbocycles. The quantitative estimate of drug-likeness (QED) is 0.302. The van der Waals surface area contributed by atoms with E-state index < -0.39 is 0 Å². The molecule has 6 nitrogen and oxygen atoms in total. The first-order valence-electron chi connectivity index (χ1n) is 11.9. The number of hydrogen-bond donors (Lipinski definition) is 1. The molecule has 6 heteroatoms. The van der Waals surface area contributed by atoms with Crippen LogP contribution in [0.3, 0.4) is 0 Å². The number of anilines is 1. The van der Waals surface area contributed by atoms with E-state index in [1.165, 1.54) is 5.01 Å². The van der Waals surface area contributed by atoms with Gasteiger partial charge >= 0.3 is 6.03 Å². The second-order valence-electron chi connectivity index (χ2n) is 8.42. The number of hydrogen-bond acceptors (Lipinski definition) is 4. The minimum atomic E-state index is -0.304. The summed E-state index contributed by atoms with van der Waals surface area (Å²) in [6, 6.07) is 34.1. The summed E-state index contributed by atoms with van der Waals surface area (Å²) in [4.78, 5) is 13.2. The number of terminal acetylenes is 1. The molecule has 1 N–H and O–H groups in total. The van der Waals surface area contributed by atoms with Crippen LogP contribution in [0, 0.1) is 12.3 Å². The number of para-hydroxylation sites is 1. The lowest BCUT2D eigenvalue weighted by molar-refractivity contribution is 0.218. The molecule has 1 aliphatic rings. The summed E-state index contributed by atoms with van der Waals surface area (Å²) in [6.07, 6.45) is 5.28. The molecule has 5 rings (SSSR count). The van der Waals surface area contributed by atoms with Crippen molar-refractivity contribution < 1.29 is 14.3 Å². The van der Waals surface area contributed by atoms with Crippen LogP contribution < -0.4 is 14.8 Å². The Kier molecular flexibility index (Phi) is 7.14. The minimum absolute atomic E-state index is 0.0638. The molecule has 2 amide bonds. The molecule has 1 aliphatic heterocycles.